The Morgan fingerprint density at radius 1 is 1.50 bits per heavy atom. The van der Waals surface area contributed by atoms with Crippen molar-refractivity contribution in [2.75, 3.05) is 6.54 Å². The maximum Gasteiger partial charge on any atom is 0.0408 e. The number of nitrogens with one attached hydrogen (secondary N) is 1. The molecule has 1 unspecified atom stereocenters. The SMILES string of the molecule is C=CCCC(Cc1cccc(Cl)c1)NCC. The molecule has 0 heterocycles. The molecule has 1 aromatic carbocycles. The monoisotopic (exact) mass is 237 g/mol. The van der Waals surface area contributed by atoms with Crippen LogP contribution in [0.1, 0.15) is 25.3 Å². The third-order valence-corrected chi connectivity index (χ3v) is 2.82. The summed E-state index contributed by atoms with van der Waals surface area (Å²) in [6, 6.07) is 8.61. The van der Waals surface area contributed by atoms with Crippen LogP contribution < -0.4 is 5.32 Å². The molecule has 0 aliphatic carbocycles. The largest absolute Gasteiger partial charge is 0.314 e. The minimum absolute atomic E-state index is 0.515. The third-order valence-electron chi connectivity index (χ3n) is 2.58. The predicted molar refractivity (Wildman–Crippen MR) is 72.1 cm³/mol. The average molecular weight is 238 g/mol. The van der Waals surface area contributed by atoms with Crippen molar-refractivity contribution in [1.29, 1.82) is 0 Å². The number of likely N-dealkylation sites (N-methyl/N-ethyl adjacent to an activating group) is 1. The molecule has 1 atom stereocenters. The molecule has 0 saturated carbocycles. The lowest BCUT2D eigenvalue weighted by Gasteiger charge is -2.17. The van der Waals surface area contributed by atoms with Gasteiger partial charge in [0.2, 0.25) is 0 Å². The van der Waals surface area contributed by atoms with E-state index in [1.54, 1.807) is 0 Å². The van der Waals surface area contributed by atoms with E-state index in [0.29, 0.717) is 6.04 Å². The minimum atomic E-state index is 0.515. The second-order valence-corrected chi connectivity index (χ2v) is 4.39. The number of allylic oxidation sites excluding steroid dienone is 1. The summed E-state index contributed by atoms with van der Waals surface area (Å²) < 4.78 is 0. The summed E-state index contributed by atoms with van der Waals surface area (Å²) in [6.45, 7) is 6.91. The summed E-state index contributed by atoms with van der Waals surface area (Å²) in [5, 5.41) is 4.31. The van der Waals surface area contributed by atoms with Crippen molar-refractivity contribution in [3.05, 3.63) is 47.5 Å². The molecule has 0 fully saturated rings. The minimum Gasteiger partial charge on any atom is -0.314 e. The van der Waals surface area contributed by atoms with Crippen molar-refractivity contribution in [2.45, 2.75) is 32.2 Å². The molecule has 0 radical (unpaired) electrons. The highest BCUT2D eigenvalue weighted by Gasteiger charge is 2.07. The van der Waals surface area contributed by atoms with E-state index < -0.39 is 0 Å². The number of rotatable bonds is 7. The summed E-state index contributed by atoms with van der Waals surface area (Å²) in [5.41, 5.74) is 1.29. The fourth-order valence-electron chi connectivity index (χ4n) is 1.83. The number of hydrogen-bond donors (Lipinski definition) is 1. The first-order valence-corrected chi connectivity index (χ1v) is 6.22. The van der Waals surface area contributed by atoms with Gasteiger partial charge in [0.1, 0.15) is 0 Å². The zero-order chi connectivity index (χ0) is 11.8. The fourth-order valence-corrected chi connectivity index (χ4v) is 2.05. The summed E-state index contributed by atoms with van der Waals surface area (Å²) in [6.07, 6.45) is 5.19. The highest BCUT2D eigenvalue weighted by molar-refractivity contribution is 6.30. The lowest BCUT2D eigenvalue weighted by molar-refractivity contribution is 0.495. The second-order valence-electron chi connectivity index (χ2n) is 3.95. The highest BCUT2D eigenvalue weighted by Crippen LogP contribution is 2.14. The zero-order valence-electron chi connectivity index (χ0n) is 9.88. The lowest BCUT2D eigenvalue weighted by Crippen LogP contribution is -2.30. The van der Waals surface area contributed by atoms with Gasteiger partial charge < -0.3 is 5.32 Å². The van der Waals surface area contributed by atoms with Crippen LogP contribution in [0.25, 0.3) is 0 Å². The van der Waals surface area contributed by atoms with E-state index in [4.69, 9.17) is 11.6 Å². The Morgan fingerprint density at radius 3 is 2.94 bits per heavy atom. The van der Waals surface area contributed by atoms with E-state index in [9.17, 15) is 0 Å². The Labute approximate surface area is 104 Å². The lowest BCUT2D eigenvalue weighted by atomic mass is 10.0. The number of benzene rings is 1. The van der Waals surface area contributed by atoms with E-state index in [1.807, 2.05) is 24.3 Å². The Balaban J connectivity index is 2.56. The molecule has 1 rings (SSSR count). The van der Waals surface area contributed by atoms with E-state index in [-0.39, 0.29) is 0 Å². The molecule has 0 spiro atoms. The van der Waals surface area contributed by atoms with Gasteiger partial charge >= 0.3 is 0 Å². The molecule has 2 heteroatoms. The van der Waals surface area contributed by atoms with Gasteiger partial charge in [-0.3, -0.25) is 0 Å². The molecule has 88 valence electrons. The van der Waals surface area contributed by atoms with E-state index in [1.165, 1.54) is 5.56 Å². The van der Waals surface area contributed by atoms with Gasteiger partial charge in [-0.15, -0.1) is 6.58 Å². The van der Waals surface area contributed by atoms with Crippen LogP contribution >= 0.6 is 11.6 Å². The van der Waals surface area contributed by atoms with E-state index >= 15 is 0 Å². The van der Waals surface area contributed by atoms with Crippen LogP contribution in [0.2, 0.25) is 5.02 Å². The zero-order valence-corrected chi connectivity index (χ0v) is 10.6. The molecular formula is C14H20ClN. The van der Waals surface area contributed by atoms with Gasteiger partial charge in [0.15, 0.2) is 0 Å². The first-order valence-electron chi connectivity index (χ1n) is 5.85. The number of halogens is 1. The summed E-state index contributed by atoms with van der Waals surface area (Å²) >= 11 is 5.97. The molecule has 0 saturated heterocycles. The summed E-state index contributed by atoms with van der Waals surface area (Å²) in [7, 11) is 0. The molecule has 0 aliphatic rings. The summed E-state index contributed by atoms with van der Waals surface area (Å²) in [4.78, 5) is 0. The van der Waals surface area contributed by atoms with Crippen LogP contribution in [-0.4, -0.2) is 12.6 Å². The maximum absolute atomic E-state index is 5.97. The van der Waals surface area contributed by atoms with Crippen molar-refractivity contribution >= 4 is 11.6 Å². The molecule has 0 amide bonds. The van der Waals surface area contributed by atoms with Gasteiger partial charge in [0.05, 0.1) is 0 Å². The van der Waals surface area contributed by atoms with Gasteiger partial charge in [0.25, 0.3) is 0 Å². The van der Waals surface area contributed by atoms with Crippen LogP contribution in [0.4, 0.5) is 0 Å². The molecule has 1 nitrogen and oxygen atoms in total. The highest BCUT2D eigenvalue weighted by atomic mass is 35.5. The van der Waals surface area contributed by atoms with Crippen molar-refractivity contribution < 1.29 is 0 Å². The van der Waals surface area contributed by atoms with Crippen molar-refractivity contribution in [1.82, 2.24) is 5.32 Å². The van der Waals surface area contributed by atoms with Crippen LogP contribution in [0.3, 0.4) is 0 Å². The summed E-state index contributed by atoms with van der Waals surface area (Å²) in [5.74, 6) is 0. The van der Waals surface area contributed by atoms with Gasteiger partial charge in [-0.05, 0) is 43.5 Å². The third kappa shape index (κ3) is 4.82. The van der Waals surface area contributed by atoms with E-state index in [2.05, 4.69) is 24.9 Å². The Hall–Kier alpha value is -0.790. The topological polar surface area (TPSA) is 12.0 Å². The smallest absolute Gasteiger partial charge is 0.0408 e. The fraction of sp³-hybridized carbons (Fsp3) is 0.429. The Kier molecular flexibility index (Phi) is 6.20. The van der Waals surface area contributed by atoms with Crippen molar-refractivity contribution in [3.63, 3.8) is 0 Å². The van der Waals surface area contributed by atoms with Gasteiger partial charge in [-0.2, -0.15) is 0 Å². The van der Waals surface area contributed by atoms with Gasteiger partial charge in [0, 0.05) is 11.1 Å². The standard InChI is InChI=1S/C14H20ClN/c1-3-5-9-14(16-4-2)11-12-7-6-8-13(15)10-12/h3,6-8,10,14,16H,1,4-5,9,11H2,2H3. The van der Waals surface area contributed by atoms with Gasteiger partial charge in [-0.25, -0.2) is 0 Å². The maximum atomic E-state index is 5.97. The molecule has 0 aromatic heterocycles. The van der Waals surface area contributed by atoms with Crippen molar-refractivity contribution in [2.24, 2.45) is 0 Å². The Morgan fingerprint density at radius 2 is 2.31 bits per heavy atom. The molecule has 1 N–H and O–H groups in total. The van der Waals surface area contributed by atoms with Crippen molar-refractivity contribution in [3.8, 4) is 0 Å². The molecule has 0 aliphatic heterocycles. The number of hydrogen-bond acceptors (Lipinski definition) is 1. The molecular weight excluding hydrogens is 218 g/mol. The molecule has 0 bridgehead atoms. The predicted octanol–water partition coefficient (Wildman–Crippen LogP) is 3.83. The molecule has 16 heavy (non-hydrogen) atoms. The first-order chi connectivity index (χ1) is 7.76. The van der Waals surface area contributed by atoms with Gasteiger partial charge in [-0.1, -0.05) is 36.7 Å². The van der Waals surface area contributed by atoms with Crippen LogP contribution in [0, 0.1) is 0 Å². The normalized spacial score (nSPS) is 12.4. The quantitative estimate of drug-likeness (QED) is 0.711. The van der Waals surface area contributed by atoms with Crippen LogP contribution in [0.15, 0.2) is 36.9 Å². The van der Waals surface area contributed by atoms with Crippen LogP contribution in [-0.2, 0) is 6.42 Å². The average Bonchev–Trinajstić information content (AvgIpc) is 2.26. The molecule has 1 aromatic rings. The van der Waals surface area contributed by atoms with Crippen LogP contribution in [0.5, 0.6) is 0 Å². The second kappa shape index (κ2) is 7.48. The first kappa shape index (κ1) is 13.3. The Bertz CT molecular complexity index is 322. The van der Waals surface area contributed by atoms with E-state index in [0.717, 1.165) is 30.8 Å².